The van der Waals surface area contributed by atoms with Gasteiger partial charge in [0.1, 0.15) is 5.69 Å². The van der Waals surface area contributed by atoms with Crippen LogP contribution in [-0.4, -0.2) is 62.7 Å². The molecule has 1 aromatic heterocycles. The summed E-state index contributed by atoms with van der Waals surface area (Å²) in [6.07, 6.45) is 1.50. The number of hydrogen-bond acceptors (Lipinski definition) is 4. The molecule has 2 heterocycles. The molecule has 0 unspecified atom stereocenters. The molecule has 138 valence electrons. The van der Waals surface area contributed by atoms with Crippen LogP contribution in [0.15, 0.2) is 36.5 Å². The highest BCUT2D eigenvalue weighted by atomic mass is 16.4. The van der Waals surface area contributed by atoms with Crippen molar-refractivity contribution in [1.29, 1.82) is 0 Å². The average molecular weight is 356 g/mol. The van der Waals surface area contributed by atoms with Crippen molar-refractivity contribution in [2.45, 2.75) is 26.4 Å². The summed E-state index contributed by atoms with van der Waals surface area (Å²) in [6, 6.07) is 10.2. The van der Waals surface area contributed by atoms with Gasteiger partial charge in [-0.2, -0.15) is 5.10 Å². The minimum atomic E-state index is -0.899. The Labute approximate surface area is 152 Å². The highest BCUT2D eigenvalue weighted by molar-refractivity contribution is 5.92. The van der Waals surface area contributed by atoms with Crippen molar-refractivity contribution in [1.82, 2.24) is 19.6 Å². The third-order valence-corrected chi connectivity index (χ3v) is 4.66. The molecule has 3 rings (SSSR count). The lowest BCUT2D eigenvalue weighted by Crippen LogP contribution is -2.48. The Kier molecular flexibility index (Phi) is 5.68. The lowest BCUT2D eigenvalue weighted by molar-refractivity contribution is -0.137. The number of carbonyl (C=O) groups is 2. The smallest absolute Gasteiger partial charge is 0.305 e. The molecule has 1 aromatic carbocycles. The van der Waals surface area contributed by atoms with Crippen LogP contribution in [0.2, 0.25) is 0 Å². The van der Waals surface area contributed by atoms with Crippen LogP contribution in [0.25, 0.3) is 0 Å². The number of nitrogens with zero attached hydrogens (tertiary/aromatic N) is 4. The molecule has 26 heavy (non-hydrogen) atoms. The Hall–Kier alpha value is -2.67. The molecule has 0 aliphatic carbocycles. The first-order chi connectivity index (χ1) is 12.5. The van der Waals surface area contributed by atoms with E-state index in [1.165, 1.54) is 15.8 Å². The number of carbonyl (C=O) groups excluding carboxylic acids is 1. The molecular weight excluding hydrogens is 332 g/mol. The minimum absolute atomic E-state index is 0.0493. The zero-order chi connectivity index (χ0) is 18.5. The number of benzene rings is 1. The molecule has 1 saturated heterocycles. The minimum Gasteiger partial charge on any atom is -0.481 e. The largest absolute Gasteiger partial charge is 0.481 e. The second kappa shape index (κ2) is 8.14. The number of carboxylic acids is 1. The molecule has 0 spiro atoms. The zero-order valence-corrected chi connectivity index (χ0v) is 15.0. The van der Waals surface area contributed by atoms with Crippen LogP contribution in [-0.2, 0) is 17.9 Å². The first kappa shape index (κ1) is 18.1. The predicted molar refractivity (Wildman–Crippen MR) is 96.8 cm³/mol. The van der Waals surface area contributed by atoms with Crippen LogP contribution in [0.4, 0.5) is 0 Å². The number of piperazine rings is 1. The standard InChI is InChI=1S/C19H24N4O3/c1-15-2-4-16(5-3-15)14-21-10-12-22(13-11-21)19(26)17-6-8-20-23(17)9-7-18(24)25/h2-6,8H,7,9-14H2,1H3,(H,24,25). The summed E-state index contributed by atoms with van der Waals surface area (Å²) < 4.78 is 1.48. The summed E-state index contributed by atoms with van der Waals surface area (Å²) in [5.41, 5.74) is 2.99. The summed E-state index contributed by atoms with van der Waals surface area (Å²) in [5.74, 6) is -0.980. The molecule has 0 saturated carbocycles. The quantitative estimate of drug-likeness (QED) is 0.851. The number of aromatic nitrogens is 2. The van der Waals surface area contributed by atoms with E-state index >= 15 is 0 Å². The molecule has 7 nitrogen and oxygen atoms in total. The molecule has 1 amide bonds. The molecule has 7 heteroatoms. The van der Waals surface area contributed by atoms with E-state index in [9.17, 15) is 9.59 Å². The summed E-state index contributed by atoms with van der Waals surface area (Å²) in [4.78, 5) is 27.6. The Morgan fingerprint density at radius 2 is 1.77 bits per heavy atom. The van der Waals surface area contributed by atoms with Crippen molar-refractivity contribution < 1.29 is 14.7 Å². The molecular formula is C19H24N4O3. The van der Waals surface area contributed by atoms with Gasteiger partial charge < -0.3 is 10.0 Å². The fraction of sp³-hybridized carbons (Fsp3) is 0.421. The van der Waals surface area contributed by atoms with Crippen LogP contribution in [0.1, 0.15) is 28.0 Å². The predicted octanol–water partition coefficient (Wildman–Crippen LogP) is 1.62. The molecule has 1 aliphatic heterocycles. The first-order valence-electron chi connectivity index (χ1n) is 8.84. The van der Waals surface area contributed by atoms with Gasteiger partial charge in [0.05, 0.1) is 13.0 Å². The van der Waals surface area contributed by atoms with E-state index in [0.29, 0.717) is 18.8 Å². The van der Waals surface area contributed by atoms with Crippen LogP contribution in [0.3, 0.4) is 0 Å². The molecule has 1 aliphatic rings. The van der Waals surface area contributed by atoms with E-state index in [2.05, 4.69) is 41.2 Å². The van der Waals surface area contributed by atoms with E-state index in [-0.39, 0.29) is 18.9 Å². The van der Waals surface area contributed by atoms with Crippen molar-refractivity contribution in [3.8, 4) is 0 Å². The van der Waals surface area contributed by atoms with Gasteiger partial charge in [-0.3, -0.25) is 19.2 Å². The highest BCUT2D eigenvalue weighted by Crippen LogP contribution is 2.12. The molecule has 0 atom stereocenters. The molecule has 2 aromatic rings. The lowest BCUT2D eigenvalue weighted by Gasteiger charge is -2.34. The van der Waals surface area contributed by atoms with Gasteiger partial charge in [-0.1, -0.05) is 29.8 Å². The van der Waals surface area contributed by atoms with Gasteiger partial charge in [-0.25, -0.2) is 0 Å². The van der Waals surface area contributed by atoms with Crippen LogP contribution >= 0.6 is 0 Å². The van der Waals surface area contributed by atoms with Crippen molar-refractivity contribution in [3.63, 3.8) is 0 Å². The van der Waals surface area contributed by atoms with Gasteiger partial charge in [-0.05, 0) is 18.6 Å². The maximum absolute atomic E-state index is 12.7. The zero-order valence-electron chi connectivity index (χ0n) is 15.0. The maximum atomic E-state index is 12.7. The molecule has 1 N–H and O–H groups in total. The fourth-order valence-corrected chi connectivity index (χ4v) is 3.12. The van der Waals surface area contributed by atoms with Crippen LogP contribution < -0.4 is 0 Å². The Bertz CT molecular complexity index is 761. The van der Waals surface area contributed by atoms with Crippen molar-refractivity contribution in [2.75, 3.05) is 26.2 Å². The number of carboxylic acid groups (broad SMARTS) is 1. The van der Waals surface area contributed by atoms with E-state index in [0.717, 1.165) is 19.6 Å². The van der Waals surface area contributed by atoms with Crippen LogP contribution in [0.5, 0.6) is 0 Å². The van der Waals surface area contributed by atoms with E-state index in [1.54, 1.807) is 12.3 Å². The van der Waals surface area contributed by atoms with Gasteiger partial charge in [0.2, 0.25) is 0 Å². The van der Waals surface area contributed by atoms with E-state index in [1.807, 2.05) is 4.90 Å². The van der Waals surface area contributed by atoms with Crippen molar-refractivity contribution >= 4 is 11.9 Å². The van der Waals surface area contributed by atoms with Gasteiger partial charge in [0.25, 0.3) is 5.91 Å². The normalized spacial score (nSPS) is 15.2. The van der Waals surface area contributed by atoms with Crippen LogP contribution in [0, 0.1) is 6.92 Å². The average Bonchev–Trinajstić information content (AvgIpc) is 3.10. The van der Waals surface area contributed by atoms with Gasteiger partial charge in [0.15, 0.2) is 0 Å². The summed E-state index contributed by atoms with van der Waals surface area (Å²) >= 11 is 0. The Morgan fingerprint density at radius 3 is 2.42 bits per heavy atom. The topological polar surface area (TPSA) is 78.7 Å². The van der Waals surface area contributed by atoms with Gasteiger partial charge in [0, 0.05) is 38.9 Å². The number of amides is 1. The summed E-state index contributed by atoms with van der Waals surface area (Å²) in [7, 11) is 0. The number of aryl methyl sites for hydroxylation is 2. The fourth-order valence-electron chi connectivity index (χ4n) is 3.12. The lowest BCUT2D eigenvalue weighted by atomic mass is 10.1. The third-order valence-electron chi connectivity index (χ3n) is 4.66. The number of hydrogen-bond donors (Lipinski definition) is 1. The van der Waals surface area contributed by atoms with Gasteiger partial charge in [-0.15, -0.1) is 0 Å². The Balaban J connectivity index is 1.54. The maximum Gasteiger partial charge on any atom is 0.305 e. The monoisotopic (exact) mass is 356 g/mol. The highest BCUT2D eigenvalue weighted by Gasteiger charge is 2.24. The SMILES string of the molecule is Cc1ccc(CN2CCN(C(=O)c3ccnn3CCC(=O)O)CC2)cc1. The van der Waals surface area contributed by atoms with Gasteiger partial charge >= 0.3 is 5.97 Å². The molecule has 0 radical (unpaired) electrons. The van der Waals surface area contributed by atoms with Crippen molar-refractivity contribution in [2.24, 2.45) is 0 Å². The number of aliphatic carboxylic acids is 1. The molecule has 0 bridgehead atoms. The Morgan fingerprint density at radius 1 is 1.08 bits per heavy atom. The van der Waals surface area contributed by atoms with Crippen molar-refractivity contribution in [3.05, 3.63) is 53.3 Å². The van der Waals surface area contributed by atoms with E-state index < -0.39 is 5.97 Å². The number of rotatable bonds is 6. The van der Waals surface area contributed by atoms with E-state index in [4.69, 9.17) is 5.11 Å². The second-order valence-corrected chi connectivity index (χ2v) is 6.64. The first-order valence-corrected chi connectivity index (χ1v) is 8.84. The third kappa shape index (κ3) is 4.49. The summed E-state index contributed by atoms with van der Waals surface area (Å²) in [5, 5.41) is 12.9. The molecule has 1 fully saturated rings. The summed E-state index contributed by atoms with van der Waals surface area (Å²) in [6.45, 7) is 6.14. The second-order valence-electron chi connectivity index (χ2n) is 6.64.